The van der Waals surface area contributed by atoms with Crippen LogP contribution in [0.4, 0.5) is 0 Å². The first kappa shape index (κ1) is 19.9. The van der Waals surface area contributed by atoms with Crippen molar-refractivity contribution in [3.63, 3.8) is 0 Å². The number of hydrogen-bond acceptors (Lipinski definition) is 4. The van der Waals surface area contributed by atoms with E-state index in [0.717, 1.165) is 11.9 Å². The molecule has 2 heterocycles. The van der Waals surface area contributed by atoms with Gasteiger partial charge in [-0.25, -0.2) is 4.52 Å². The molecule has 1 saturated carbocycles. The van der Waals surface area contributed by atoms with Gasteiger partial charge < -0.3 is 15.7 Å². The first-order valence-electron chi connectivity index (χ1n) is 10.1. The Hall–Kier alpha value is -3.35. The minimum atomic E-state index is -0.136. The Morgan fingerprint density at radius 1 is 1.20 bits per heavy atom. The van der Waals surface area contributed by atoms with Gasteiger partial charge in [0.2, 0.25) is 5.91 Å². The predicted molar refractivity (Wildman–Crippen MR) is 113 cm³/mol. The van der Waals surface area contributed by atoms with E-state index in [1.54, 1.807) is 41.0 Å². The van der Waals surface area contributed by atoms with E-state index >= 15 is 0 Å². The summed E-state index contributed by atoms with van der Waals surface area (Å²) in [6, 6.07) is 12.3. The van der Waals surface area contributed by atoms with Crippen LogP contribution in [0.2, 0.25) is 0 Å². The summed E-state index contributed by atoms with van der Waals surface area (Å²) in [5.74, 6) is 0.169. The van der Waals surface area contributed by atoms with Crippen LogP contribution in [-0.4, -0.2) is 39.1 Å². The maximum Gasteiger partial charge on any atom is 0.253 e. The quantitative estimate of drug-likeness (QED) is 0.586. The highest BCUT2D eigenvalue weighted by molar-refractivity contribution is 6.00. The molecule has 1 aromatic carbocycles. The highest BCUT2D eigenvalue weighted by Gasteiger charge is 2.48. The van der Waals surface area contributed by atoms with Gasteiger partial charge in [0, 0.05) is 24.3 Å². The Balaban J connectivity index is 1.31. The highest BCUT2D eigenvalue weighted by Crippen LogP contribution is 2.46. The molecule has 0 spiro atoms. The van der Waals surface area contributed by atoms with Crippen LogP contribution >= 0.6 is 0 Å². The molecule has 3 aromatic rings. The van der Waals surface area contributed by atoms with Crippen LogP contribution in [0, 0.1) is 11.3 Å². The van der Waals surface area contributed by atoms with Crippen molar-refractivity contribution in [3.05, 3.63) is 66.0 Å². The van der Waals surface area contributed by atoms with E-state index in [1.807, 2.05) is 18.3 Å². The fourth-order valence-electron chi connectivity index (χ4n) is 4.12. The second-order valence-corrected chi connectivity index (χ2v) is 8.47. The van der Waals surface area contributed by atoms with E-state index in [1.165, 1.54) is 0 Å². The standard InChI is InChI=1S/C23H26N4O3/c1-23(2)16(14-24-21(29)12-15-6-3-4-8-19(15)28)13-20(23)26-22(30)17-7-5-11-27-18(17)9-10-25-27/h3-11,16,20,28H,12-14H2,1-2H3,(H,24,29)(H,26,30). The van der Waals surface area contributed by atoms with Crippen molar-refractivity contribution in [2.75, 3.05) is 6.54 Å². The maximum atomic E-state index is 12.8. The van der Waals surface area contributed by atoms with E-state index in [-0.39, 0.29) is 41.4 Å². The summed E-state index contributed by atoms with van der Waals surface area (Å²) in [6.45, 7) is 4.77. The van der Waals surface area contributed by atoms with Gasteiger partial charge in [0.25, 0.3) is 5.91 Å². The summed E-state index contributed by atoms with van der Waals surface area (Å²) in [5.41, 5.74) is 1.86. The minimum absolute atomic E-state index is 0.0354. The topological polar surface area (TPSA) is 95.7 Å². The van der Waals surface area contributed by atoms with Gasteiger partial charge in [0.1, 0.15) is 5.75 Å². The van der Waals surface area contributed by atoms with Crippen LogP contribution in [-0.2, 0) is 11.2 Å². The molecule has 3 N–H and O–H groups in total. The summed E-state index contributed by atoms with van der Waals surface area (Å²) in [6.07, 6.45) is 4.44. The average Bonchev–Trinajstić information content (AvgIpc) is 3.20. The number of aromatic hydroxyl groups is 1. The number of benzene rings is 1. The molecule has 7 nitrogen and oxygen atoms in total. The molecule has 1 aliphatic carbocycles. The van der Waals surface area contributed by atoms with Crippen LogP contribution in [0.5, 0.6) is 5.75 Å². The lowest BCUT2D eigenvalue weighted by atomic mass is 9.58. The third-order valence-corrected chi connectivity index (χ3v) is 6.35. The number of aromatic nitrogens is 2. The van der Waals surface area contributed by atoms with Crippen molar-refractivity contribution in [1.29, 1.82) is 0 Å². The van der Waals surface area contributed by atoms with Crippen LogP contribution in [0.15, 0.2) is 54.9 Å². The minimum Gasteiger partial charge on any atom is -0.508 e. The first-order chi connectivity index (χ1) is 14.4. The number of nitrogens with one attached hydrogen (secondary N) is 2. The molecule has 0 radical (unpaired) electrons. The smallest absolute Gasteiger partial charge is 0.253 e. The third-order valence-electron chi connectivity index (χ3n) is 6.35. The zero-order chi connectivity index (χ0) is 21.3. The van der Waals surface area contributed by atoms with E-state index < -0.39 is 0 Å². The number of para-hydroxylation sites is 1. The molecular weight excluding hydrogens is 380 g/mol. The van der Waals surface area contributed by atoms with E-state index in [4.69, 9.17) is 0 Å². The van der Waals surface area contributed by atoms with Gasteiger partial charge in [0.15, 0.2) is 0 Å². The number of carbonyl (C=O) groups is 2. The normalized spacial score (nSPS) is 19.8. The molecule has 2 amide bonds. The lowest BCUT2D eigenvalue weighted by Crippen LogP contribution is -2.60. The number of phenolic OH excluding ortho intramolecular Hbond substituents is 1. The second kappa shape index (κ2) is 7.82. The number of amides is 2. The molecule has 0 bridgehead atoms. The average molecular weight is 406 g/mol. The Morgan fingerprint density at radius 3 is 2.77 bits per heavy atom. The van der Waals surface area contributed by atoms with Crippen molar-refractivity contribution in [1.82, 2.24) is 20.2 Å². The fourth-order valence-corrected chi connectivity index (χ4v) is 4.12. The Labute approximate surface area is 175 Å². The summed E-state index contributed by atoms with van der Waals surface area (Å²) < 4.78 is 1.68. The number of rotatable bonds is 6. The predicted octanol–water partition coefficient (Wildman–Crippen LogP) is 2.54. The molecule has 0 saturated heterocycles. The first-order valence-corrected chi connectivity index (χ1v) is 10.1. The van der Waals surface area contributed by atoms with Crippen molar-refractivity contribution < 1.29 is 14.7 Å². The van der Waals surface area contributed by atoms with Crippen molar-refractivity contribution in [2.24, 2.45) is 11.3 Å². The highest BCUT2D eigenvalue weighted by atomic mass is 16.3. The summed E-state index contributed by atoms with van der Waals surface area (Å²) in [5, 5.41) is 20.1. The number of carbonyl (C=O) groups excluding carboxylic acids is 2. The van der Waals surface area contributed by atoms with Gasteiger partial charge in [-0.1, -0.05) is 32.0 Å². The number of phenols is 1. The molecule has 7 heteroatoms. The van der Waals surface area contributed by atoms with E-state index in [0.29, 0.717) is 17.7 Å². The molecule has 2 atom stereocenters. The van der Waals surface area contributed by atoms with Gasteiger partial charge in [-0.2, -0.15) is 5.10 Å². The molecule has 30 heavy (non-hydrogen) atoms. The lowest BCUT2D eigenvalue weighted by molar-refractivity contribution is -0.121. The van der Waals surface area contributed by atoms with Gasteiger partial charge >= 0.3 is 0 Å². The Morgan fingerprint density at radius 2 is 2.00 bits per heavy atom. The number of fused-ring (bicyclic) bond motifs is 1. The lowest BCUT2D eigenvalue weighted by Gasteiger charge is -2.52. The fraction of sp³-hybridized carbons (Fsp3) is 0.348. The number of pyridine rings is 1. The Bertz CT molecular complexity index is 1090. The van der Waals surface area contributed by atoms with Crippen LogP contribution in [0.1, 0.15) is 36.2 Å². The summed E-state index contributed by atoms with van der Waals surface area (Å²) in [4.78, 5) is 25.1. The molecule has 156 valence electrons. The molecule has 1 fully saturated rings. The van der Waals surface area contributed by atoms with E-state index in [2.05, 4.69) is 29.6 Å². The molecule has 0 aliphatic heterocycles. The van der Waals surface area contributed by atoms with Crippen LogP contribution < -0.4 is 10.6 Å². The summed E-state index contributed by atoms with van der Waals surface area (Å²) >= 11 is 0. The van der Waals surface area contributed by atoms with Crippen molar-refractivity contribution >= 4 is 17.3 Å². The molecular formula is C23H26N4O3. The van der Waals surface area contributed by atoms with E-state index in [9.17, 15) is 14.7 Å². The maximum absolute atomic E-state index is 12.8. The van der Waals surface area contributed by atoms with Crippen LogP contribution in [0.3, 0.4) is 0 Å². The number of hydrogen-bond donors (Lipinski definition) is 3. The zero-order valence-electron chi connectivity index (χ0n) is 17.1. The molecule has 2 aromatic heterocycles. The van der Waals surface area contributed by atoms with Gasteiger partial charge in [-0.3, -0.25) is 9.59 Å². The largest absolute Gasteiger partial charge is 0.508 e. The van der Waals surface area contributed by atoms with Crippen LogP contribution in [0.25, 0.3) is 5.52 Å². The number of nitrogens with zero attached hydrogens (tertiary/aromatic N) is 2. The monoisotopic (exact) mass is 406 g/mol. The second-order valence-electron chi connectivity index (χ2n) is 8.47. The van der Waals surface area contributed by atoms with Crippen molar-refractivity contribution in [2.45, 2.75) is 32.7 Å². The molecule has 1 aliphatic rings. The van der Waals surface area contributed by atoms with Crippen molar-refractivity contribution in [3.8, 4) is 5.75 Å². The third kappa shape index (κ3) is 3.75. The zero-order valence-corrected chi connectivity index (χ0v) is 17.1. The Kier molecular flexibility index (Phi) is 5.20. The molecule has 2 unspecified atom stereocenters. The molecule has 4 rings (SSSR count). The van der Waals surface area contributed by atoms with Gasteiger partial charge in [-0.15, -0.1) is 0 Å². The summed E-state index contributed by atoms with van der Waals surface area (Å²) in [7, 11) is 0. The van der Waals surface area contributed by atoms with Gasteiger partial charge in [-0.05, 0) is 42.0 Å². The van der Waals surface area contributed by atoms with Gasteiger partial charge in [0.05, 0.1) is 23.7 Å². The SMILES string of the molecule is CC1(C)C(CNC(=O)Cc2ccccc2O)CC1NC(=O)c1cccn2nccc12.